The van der Waals surface area contributed by atoms with Gasteiger partial charge < -0.3 is 0 Å². The van der Waals surface area contributed by atoms with Gasteiger partial charge in [-0.3, -0.25) is 0 Å². The fraction of sp³-hybridized carbons (Fsp3) is 0.273. The summed E-state index contributed by atoms with van der Waals surface area (Å²) in [6, 6.07) is 7.20. The minimum absolute atomic E-state index is 0.185. The van der Waals surface area contributed by atoms with Crippen molar-refractivity contribution in [3.8, 4) is 12.1 Å². The molecule has 0 aliphatic heterocycles. The largest absolute Gasteiger partial charge is 0.192 e. The highest BCUT2D eigenvalue weighted by atomic mass is 35.5. The fourth-order valence-corrected chi connectivity index (χ4v) is 1.80. The average Bonchev–Trinajstić information content (AvgIpc) is 2.15. The van der Waals surface area contributed by atoms with Crippen LogP contribution in [0.2, 0.25) is 5.02 Å². The van der Waals surface area contributed by atoms with Crippen molar-refractivity contribution < 1.29 is 0 Å². The van der Waals surface area contributed by atoms with Gasteiger partial charge in [0.15, 0.2) is 0 Å². The smallest absolute Gasteiger partial charge is 0.0995 e. The maximum Gasteiger partial charge on any atom is 0.0995 e. The van der Waals surface area contributed by atoms with E-state index in [0.717, 1.165) is 5.56 Å². The zero-order valence-electron chi connectivity index (χ0n) is 8.00. The molecule has 0 amide bonds. The number of halogens is 1. The highest BCUT2D eigenvalue weighted by Crippen LogP contribution is 2.28. The van der Waals surface area contributed by atoms with Gasteiger partial charge in [-0.05, 0) is 23.6 Å². The molecule has 1 aromatic carbocycles. The van der Waals surface area contributed by atoms with E-state index in [4.69, 9.17) is 22.1 Å². The SMILES string of the molecule is CC(C)c1c(Cl)cc(C#N)cc1C#N. The first-order chi connectivity index (χ1) is 6.60. The molecule has 0 N–H and O–H groups in total. The first-order valence-electron chi connectivity index (χ1n) is 4.23. The minimum atomic E-state index is 0.185. The Bertz CT molecular complexity index is 436. The molecule has 3 heteroatoms. The maximum atomic E-state index is 8.89. The van der Waals surface area contributed by atoms with Gasteiger partial charge >= 0.3 is 0 Å². The van der Waals surface area contributed by atoms with Gasteiger partial charge in [-0.15, -0.1) is 0 Å². The van der Waals surface area contributed by atoms with Gasteiger partial charge in [0, 0.05) is 5.02 Å². The van der Waals surface area contributed by atoms with Crippen molar-refractivity contribution in [2.24, 2.45) is 0 Å². The third-order valence-corrected chi connectivity index (χ3v) is 2.27. The van der Waals surface area contributed by atoms with Gasteiger partial charge in [-0.25, -0.2) is 0 Å². The van der Waals surface area contributed by atoms with Crippen molar-refractivity contribution in [1.29, 1.82) is 10.5 Å². The van der Waals surface area contributed by atoms with Gasteiger partial charge in [0.05, 0.1) is 23.3 Å². The third kappa shape index (κ3) is 1.87. The van der Waals surface area contributed by atoms with Gasteiger partial charge in [0.25, 0.3) is 0 Å². The van der Waals surface area contributed by atoms with E-state index >= 15 is 0 Å². The quantitative estimate of drug-likeness (QED) is 0.705. The van der Waals surface area contributed by atoms with Crippen molar-refractivity contribution in [2.75, 3.05) is 0 Å². The number of nitrogens with zero attached hydrogens (tertiary/aromatic N) is 2. The first kappa shape index (κ1) is 10.6. The summed E-state index contributed by atoms with van der Waals surface area (Å²) < 4.78 is 0. The molecule has 0 aromatic heterocycles. The summed E-state index contributed by atoms with van der Waals surface area (Å²) in [5, 5.41) is 18.1. The second kappa shape index (κ2) is 4.13. The fourth-order valence-electron chi connectivity index (χ4n) is 1.36. The molecule has 2 nitrogen and oxygen atoms in total. The second-order valence-corrected chi connectivity index (χ2v) is 3.70. The summed E-state index contributed by atoms with van der Waals surface area (Å²) in [6.45, 7) is 3.93. The Kier molecular flexibility index (Phi) is 3.12. The van der Waals surface area contributed by atoms with Gasteiger partial charge in [0.2, 0.25) is 0 Å². The van der Waals surface area contributed by atoms with Gasteiger partial charge in [0.1, 0.15) is 0 Å². The van der Waals surface area contributed by atoms with E-state index in [9.17, 15) is 0 Å². The molecule has 0 saturated heterocycles. The molecule has 0 bridgehead atoms. The number of hydrogen-bond donors (Lipinski definition) is 0. The summed E-state index contributed by atoms with van der Waals surface area (Å²) in [6.07, 6.45) is 0. The van der Waals surface area contributed by atoms with Crippen molar-refractivity contribution in [1.82, 2.24) is 0 Å². The van der Waals surface area contributed by atoms with E-state index in [-0.39, 0.29) is 5.92 Å². The molecule has 0 aliphatic rings. The van der Waals surface area contributed by atoms with Crippen molar-refractivity contribution in [2.45, 2.75) is 19.8 Å². The average molecular weight is 205 g/mol. The predicted octanol–water partition coefficient (Wildman–Crippen LogP) is 3.21. The van der Waals surface area contributed by atoms with Crippen LogP contribution in [0.25, 0.3) is 0 Å². The van der Waals surface area contributed by atoms with Crippen LogP contribution >= 0.6 is 11.6 Å². The van der Waals surface area contributed by atoms with Crippen LogP contribution in [0.5, 0.6) is 0 Å². The summed E-state index contributed by atoms with van der Waals surface area (Å²) in [7, 11) is 0. The maximum absolute atomic E-state index is 8.89. The summed E-state index contributed by atoms with van der Waals surface area (Å²) in [5.41, 5.74) is 1.73. The van der Waals surface area contributed by atoms with E-state index in [1.54, 1.807) is 12.1 Å². The van der Waals surface area contributed by atoms with Crippen LogP contribution < -0.4 is 0 Å². The molecule has 0 atom stereocenters. The molecule has 0 heterocycles. The zero-order chi connectivity index (χ0) is 10.7. The lowest BCUT2D eigenvalue weighted by Crippen LogP contribution is -1.95. The Morgan fingerprint density at radius 1 is 1.21 bits per heavy atom. The van der Waals surface area contributed by atoms with Crippen LogP contribution in [0.3, 0.4) is 0 Å². The number of rotatable bonds is 1. The number of hydrogen-bond acceptors (Lipinski definition) is 2. The van der Waals surface area contributed by atoms with E-state index in [2.05, 4.69) is 6.07 Å². The third-order valence-electron chi connectivity index (χ3n) is 1.96. The molecule has 70 valence electrons. The van der Waals surface area contributed by atoms with E-state index < -0.39 is 0 Å². The second-order valence-electron chi connectivity index (χ2n) is 3.30. The van der Waals surface area contributed by atoms with Crippen molar-refractivity contribution in [3.05, 3.63) is 33.8 Å². The highest BCUT2D eigenvalue weighted by Gasteiger charge is 2.12. The van der Waals surface area contributed by atoms with Crippen molar-refractivity contribution >= 4 is 11.6 Å². The Labute approximate surface area is 88.3 Å². The highest BCUT2D eigenvalue weighted by molar-refractivity contribution is 6.31. The van der Waals surface area contributed by atoms with E-state index in [0.29, 0.717) is 16.1 Å². The monoisotopic (exact) mass is 204 g/mol. The Hall–Kier alpha value is -1.51. The topological polar surface area (TPSA) is 47.6 Å². The number of benzene rings is 1. The van der Waals surface area contributed by atoms with E-state index in [1.807, 2.05) is 19.9 Å². The molecule has 0 radical (unpaired) electrons. The zero-order valence-corrected chi connectivity index (χ0v) is 8.76. The van der Waals surface area contributed by atoms with Crippen LogP contribution in [0.4, 0.5) is 0 Å². The lowest BCUT2D eigenvalue weighted by molar-refractivity contribution is 0.862. The first-order valence-corrected chi connectivity index (χ1v) is 4.61. The molecule has 0 fully saturated rings. The molecule has 1 aromatic rings. The van der Waals surface area contributed by atoms with Crippen LogP contribution in [-0.2, 0) is 0 Å². The predicted molar refractivity (Wildman–Crippen MR) is 55.0 cm³/mol. The molecule has 0 aliphatic carbocycles. The standard InChI is InChI=1S/C11H9ClN2/c1-7(2)11-9(6-14)3-8(5-13)4-10(11)12/h3-4,7H,1-2H3. The molecule has 0 unspecified atom stereocenters. The summed E-state index contributed by atoms with van der Waals surface area (Å²) in [5.74, 6) is 0.185. The van der Waals surface area contributed by atoms with Crippen LogP contribution in [-0.4, -0.2) is 0 Å². The van der Waals surface area contributed by atoms with Gasteiger partial charge in [-0.2, -0.15) is 10.5 Å². The Balaban J connectivity index is 3.46. The molecule has 1 rings (SSSR count). The van der Waals surface area contributed by atoms with Crippen LogP contribution in [0.1, 0.15) is 36.5 Å². The summed E-state index contributed by atoms with van der Waals surface area (Å²) in [4.78, 5) is 0. The molecular weight excluding hydrogens is 196 g/mol. The molecule has 14 heavy (non-hydrogen) atoms. The Morgan fingerprint density at radius 3 is 2.29 bits per heavy atom. The number of nitriles is 2. The van der Waals surface area contributed by atoms with Gasteiger partial charge in [-0.1, -0.05) is 25.4 Å². The molecular formula is C11H9ClN2. The van der Waals surface area contributed by atoms with Crippen LogP contribution in [0, 0.1) is 22.7 Å². The van der Waals surface area contributed by atoms with Crippen molar-refractivity contribution in [3.63, 3.8) is 0 Å². The normalized spacial score (nSPS) is 9.57. The lowest BCUT2D eigenvalue weighted by Gasteiger charge is -2.10. The lowest BCUT2D eigenvalue weighted by atomic mass is 9.96. The summed E-state index contributed by atoms with van der Waals surface area (Å²) >= 11 is 5.98. The van der Waals surface area contributed by atoms with Crippen LogP contribution in [0.15, 0.2) is 12.1 Å². The Morgan fingerprint density at radius 2 is 1.86 bits per heavy atom. The van der Waals surface area contributed by atoms with E-state index in [1.165, 1.54) is 0 Å². The minimum Gasteiger partial charge on any atom is -0.192 e. The molecule has 0 saturated carbocycles. The molecule has 0 spiro atoms.